The van der Waals surface area contributed by atoms with Crippen molar-refractivity contribution in [3.8, 4) is 0 Å². The summed E-state index contributed by atoms with van der Waals surface area (Å²) in [6.45, 7) is 6.09. The molecule has 0 aromatic carbocycles. The van der Waals surface area contributed by atoms with Crippen LogP contribution in [-0.4, -0.2) is 47.9 Å². The van der Waals surface area contributed by atoms with E-state index in [1.54, 1.807) is 6.92 Å². The number of cyclic esters (lactones) is 2. The van der Waals surface area contributed by atoms with Crippen LogP contribution in [0.25, 0.3) is 0 Å². The second-order valence-electron chi connectivity index (χ2n) is 12.9. The fourth-order valence-corrected chi connectivity index (χ4v) is 10.4. The zero-order valence-electron chi connectivity index (χ0n) is 21.9. The van der Waals surface area contributed by atoms with Crippen LogP contribution >= 0.6 is 0 Å². The molecule has 1 heterocycles. The van der Waals surface area contributed by atoms with Crippen molar-refractivity contribution in [1.82, 2.24) is 0 Å². The number of fused-ring (bicyclic) bond motifs is 7. The van der Waals surface area contributed by atoms with Crippen LogP contribution in [0.2, 0.25) is 0 Å². The first-order valence-electron chi connectivity index (χ1n) is 14.5. The van der Waals surface area contributed by atoms with Gasteiger partial charge in [0.15, 0.2) is 0 Å². The summed E-state index contributed by atoms with van der Waals surface area (Å²) in [5.74, 6) is 1.10. The van der Waals surface area contributed by atoms with Gasteiger partial charge in [0.05, 0.1) is 37.1 Å². The summed E-state index contributed by atoms with van der Waals surface area (Å²) in [6.07, 6.45) is 8.31. The highest BCUT2D eigenvalue weighted by atomic mass is 16.6. The quantitative estimate of drug-likeness (QED) is 0.399. The molecule has 6 rings (SSSR count). The van der Waals surface area contributed by atoms with Crippen LogP contribution in [0, 0.1) is 65.1 Å². The van der Waals surface area contributed by atoms with Crippen LogP contribution in [-0.2, 0) is 28.6 Å². The molecule has 0 radical (unpaired) electrons. The van der Waals surface area contributed by atoms with Crippen LogP contribution in [0.4, 0.5) is 0 Å². The van der Waals surface area contributed by atoms with Gasteiger partial charge in [-0.2, -0.15) is 0 Å². The third-order valence-corrected chi connectivity index (χ3v) is 11.8. The lowest BCUT2D eigenvalue weighted by atomic mass is 9.66. The van der Waals surface area contributed by atoms with E-state index in [-0.39, 0.29) is 54.4 Å². The second kappa shape index (κ2) is 9.07. The van der Waals surface area contributed by atoms with Crippen molar-refractivity contribution < 1.29 is 33.7 Å². The van der Waals surface area contributed by atoms with Gasteiger partial charge in [-0.05, 0) is 93.3 Å². The smallest absolute Gasteiger partial charge is 0.320 e. The number of carbonyl (C=O) groups excluding carboxylic acids is 3. The van der Waals surface area contributed by atoms with Crippen molar-refractivity contribution in [3.05, 3.63) is 0 Å². The summed E-state index contributed by atoms with van der Waals surface area (Å²) in [6, 6.07) is 0. The standard InChI is InChI=1S/C29H42O7/c1-4-29(13-17-12-22(29)19-7-5-6-18(17)19)36-26(31)21-11-16-10-20(21)14(2)23(16)25-24(15(3)34-9-8-30)27(32)35-28(25)33/h14-25,30H,4-13H2,1-3H3. The Labute approximate surface area is 214 Å². The van der Waals surface area contributed by atoms with Gasteiger partial charge in [0.25, 0.3) is 0 Å². The monoisotopic (exact) mass is 502 g/mol. The highest BCUT2D eigenvalue weighted by Gasteiger charge is 2.65. The number of carbonyl (C=O) groups is 3. The Bertz CT molecular complexity index is 915. The summed E-state index contributed by atoms with van der Waals surface area (Å²) < 4.78 is 17.3. The van der Waals surface area contributed by atoms with E-state index in [1.165, 1.54) is 25.7 Å². The van der Waals surface area contributed by atoms with Crippen LogP contribution < -0.4 is 0 Å². The Hall–Kier alpha value is -1.47. The SMILES string of the molecule is CCC1(OC(=O)C2CC3CC2C(C)C3C2C(=O)OC(=O)C2C(C)OCCO)CC2CC1C1CCCC21. The molecule has 0 amide bonds. The Kier molecular flexibility index (Phi) is 6.26. The van der Waals surface area contributed by atoms with Gasteiger partial charge < -0.3 is 19.3 Å². The molecule has 5 aliphatic carbocycles. The third-order valence-electron chi connectivity index (χ3n) is 11.8. The van der Waals surface area contributed by atoms with Gasteiger partial charge >= 0.3 is 17.9 Å². The van der Waals surface area contributed by atoms with E-state index >= 15 is 0 Å². The molecular weight excluding hydrogens is 460 g/mol. The maximum Gasteiger partial charge on any atom is 0.320 e. The first-order valence-corrected chi connectivity index (χ1v) is 14.5. The molecule has 5 saturated carbocycles. The minimum absolute atomic E-state index is 0.00468. The van der Waals surface area contributed by atoms with Crippen LogP contribution in [0.3, 0.4) is 0 Å². The lowest BCUT2D eigenvalue weighted by Crippen LogP contribution is -2.47. The first kappa shape index (κ1) is 24.8. The molecule has 4 bridgehead atoms. The van der Waals surface area contributed by atoms with Crippen LogP contribution in [0.5, 0.6) is 0 Å². The molecule has 1 saturated heterocycles. The number of ether oxygens (including phenoxy) is 3. The number of hydrogen-bond donors (Lipinski definition) is 1. The van der Waals surface area contributed by atoms with Crippen molar-refractivity contribution in [2.75, 3.05) is 13.2 Å². The fraction of sp³-hybridized carbons (Fsp3) is 0.897. The van der Waals surface area contributed by atoms with E-state index in [0.29, 0.717) is 5.92 Å². The molecule has 6 fully saturated rings. The predicted octanol–water partition coefficient (Wildman–Crippen LogP) is 3.76. The van der Waals surface area contributed by atoms with Crippen molar-refractivity contribution in [2.24, 2.45) is 65.1 Å². The molecule has 200 valence electrons. The van der Waals surface area contributed by atoms with E-state index in [1.807, 2.05) is 0 Å². The van der Waals surface area contributed by atoms with Gasteiger partial charge in [-0.15, -0.1) is 0 Å². The van der Waals surface area contributed by atoms with E-state index in [9.17, 15) is 14.4 Å². The number of esters is 3. The normalized spacial score (nSPS) is 49.5. The molecule has 1 N–H and O–H groups in total. The maximum absolute atomic E-state index is 13.7. The lowest BCUT2D eigenvalue weighted by molar-refractivity contribution is -0.178. The van der Waals surface area contributed by atoms with Crippen molar-refractivity contribution in [3.63, 3.8) is 0 Å². The van der Waals surface area contributed by atoms with Gasteiger partial charge in [-0.25, -0.2) is 0 Å². The van der Waals surface area contributed by atoms with E-state index in [4.69, 9.17) is 19.3 Å². The highest BCUT2D eigenvalue weighted by molar-refractivity contribution is 5.97. The molecular formula is C29H42O7. The van der Waals surface area contributed by atoms with Gasteiger partial charge in [-0.1, -0.05) is 20.3 Å². The number of aliphatic hydroxyl groups is 1. The Morgan fingerprint density at radius 3 is 2.61 bits per heavy atom. The fourth-order valence-electron chi connectivity index (χ4n) is 10.4. The minimum Gasteiger partial charge on any atom is -0.459 e. The predicted molar refractivity (Wildman–Crippen MR) is 129 cm³/mol. The molecule has 1 aliphatic heterocycles. The Balaban J connectivity index is 1.15. The number of aliphatic hydroxyl groups excluding tert-OH is 1. The topological polar surface area (TPSA) is 99.1 Å². The average Bonchev–Trinajstić information content (AvgIpc) is 3.66. The summed E-state index contributed by atoms with van der Waals surface area (Å²) in [5, 5.41) is 9.13. The number of hydrogen-bond acceptors (Lipinski definition) is 7. The molecule has 0 aromatic rings. The maximum atomic E-state index is 13.7. The van der Waals surface area contributed by atoms with Crippen molar-refractivity contribution in [2.45, 2.75) is 83.8 Å². The van der Waals surface area contributed by atoms with E-state index in [0.717, 1.165) is 43.4 Å². The first-order chi connectivity index (χ1) is 17.3. The average molecular weight is 503 g/mol. The molecule has 13 atom stereocenters. The third kappa shape index (κ3) is 3.54. The van der Waals surface area contributed by atoms with E-state index < -0.39 is 29.9 Å². The van der Waals surface area contributed by atoms with Gasteiger partial charge in [0.2, 0.25) is 0 Å². The lowest BCUT2D eigenvalue weighted by Gasteiger charge is -2.43. The molecule has 6 aliphatic rings. The summed E-state index contributed by atoms with van der Waals surface area (Å²) in [7, 11) is 0. The summed E-state index contributed by atoms with van der Waals surface area (Å²) in [4.78, 5) is 39.1. The van der Waals surface area contributed by atoms with Crippen LogP contribution in [0.15, 0.2) is 0 Å². The van der Waals surface area contributed by atoms with E-state index in [2.05, 4.69) is 13.8 Å². The molecule has 7 nitrogen and oxygen atoms in total. The van der Waals surface area contributed by atoms with Crippen molar-refractivity contribution >= 4 is 17.9 Å². The van der Waals surface area contributed by atoms with Gasteiger partial charge in [0, 0.05) is 5.92 Å². The molecule has 13 unspecified atom stereocenters. The molecule has 0 aromatic heterocycles. The summed E-state index contributed by atoms with van der Waals surface area (Å²) in [5.41, 5.74) is -0.274. The van der Waals surface area contributed by atoms with Gasteiger partial charge in [0.1, 0.15) is 5.60 Å². The Morgan fingerprint density at radius 2 is 1.89 bits per heavy atom. The summed E-state index contributed by atoms with van der Waals surface area (Å²) >= 11 is 0. The number of rotatable bonds is 8. The largest absolute Gasteiger partial charge is 0.459 e. The zero-order chi connectivity index (χ0) is 25.4. The molecule has 0 spiro atoms. The Morgan fingerprint density at radius 1 is 1.11 bits per heavy atom. The molecule has 7 heteroatoms. The van der Waals surface area contributed by atoms with Gasteiger partial charge in [-0.3, -0.25) is 14.4 Å². The second-order valence-corrected chi connectivity index (χ2v) is 12.9. The molecule has 36 heavy (non-hydrogen) atoms. The van der Waals surface area contributed by atoms with Crippen LogP contribution in [0.1, 0.15) is 72.1 Å². The highest BCUT2D eigenvalue weighted by Crippen LogP contribution is 2.65. The minimum atomic E-state index is -0.655. The zero-order valence-corrected chi connectivity index (χ0v) is 21.9. The van der Waals surface area contributed by atoms with Crippen molar-refractivity contribution in [1.29, 1.82) is 0 Å².